The molecule has 6 heteroatoms. The van der Waals surface area contributed by atoms with Crippen LogP contribution in [-0.4, -0.2) is 15.5 Å². The van der Waals surface area contributed by atoms with E-state index in [9.17, 15) is 8.78 Å². The second-order valence-corrected chi connectivity index (χ2v) is 5.68. The summed E-state index contributed by atoms with van der Waals surface area (Å²) in [4.78, 5) is 4.14. The average Bonchev–Trinajstić information content (AvgIpc) is 2.42. The summed E-state index contributed by atoms with van der Waals surface area (Å²) < 4.78 is 29.2. The van der Waals surface area contributed by atoms with E-state index in [-0.39, 0.29) is 6.54 Å². The van der Waals surface area contributed by atoms with Crippen molar-refractivity contribution in [3.8, 4) is 0 Å². The lowest BCUT2D eigenvalue weighted by atomic mass is 10.3. The molecule has 0 unspecified atom stereocenters. The number of alkyl halides is 2. The van der Waals surface area contributed by atoms with Crippen molar-refractivity contribution in [1.29, 1.82) is 0 Å². The molecular weight excluding hydrogens is 393 g/mol. The second kappa shape index (κ2) is 4.21. The number of hydrogen-bond acceptors (Lipinski definition) is 1. The van der Waals surface area contributed by atoms with Crippen molar-refractivity contribution in [2.75, 3.05) is 0 Å². The van der Waals surface area contributed by atoms with Gasteiger partial charge in [-0.25, -0.2) is 13.8 Å². The van der Waals surface area contributed by atoms with E-state index in [4.69, 9.17) is 0 Å². The van der Waals surface area contributed by atoms with Crippen molar-refractivity contribution in [3.05, 3.63) is 26.5 Å². The molecule has 0 spiro atoms. The summed E-state index contributed by atoms with van der Waals surface area (Å²) in [5.74, 6) is -2.74. The lowest BCUT2D eigenvalue weighted by Gasteiger charge is -2.11. The maximum Gasteiger partial charge on any atom is 0.262 e. The first kappa shape index (κ1) is 12.2. The van der Waals surface area contributed by atoms with Gasteiger partial charge in [0.25, 0.3) is 5.92 Å². The predicted molar refractivity (Wildman–Crippen MR) is 70.8 cm³/mol. The van der Waals surface area contributed by atoms with Gasteiger partial charge in [0.05, 0.1) is 6.54 Å². The summed E-state index contributed by atoms with van der Waals surface area (Å²) in [6.07, 6.45) is 3.30. The van der Waals surface area contributed by atoms with Crippen LogP contribution in [0.25, 0.3) is 11.0 Å². The molecule has 2 heterocycles. The predicted octanol–water partition coefficient (Wildman–Crippen LogP) is 4.06. The third-order valence-corrected chi connectivity index (χ3v) is 3.59. The minimum atomic E-state index is -2.74. The molecule has 0 N–H and O–H groups in total. The van der Waals surface area contributed by atoms with Gasteiger partial charge in [0.1, 0.15) is 5.65 Å². The Morgan fingerprint density at radius 1 is 1.56 bits per heavy atom. The molecule has 0 saturated heterocycles. The minimum Gasteiger partial charge on any atom is -0.325 e. The molecule has 0 aliphatic heterocycles. The standard InChI is InChI=1S/C10H8BrF2IN2/c1-10(12,13)5-16-4-7(14)8-6(11)2-3-15-9(8)16/h2-4H,5H2,1H3. The zero-order valence-electron chi connectivity index (χ0n) is 8.35. The number of halogens is 4. The fourth-order valence-corrected chi connectivity index (χ4v) is 3.30. The Labute approximate surface area is 113 Å². The van der Waals surface area contributed by atoms with Crippen LogP contribution in [0.2, 0.25) is 0 Å². The van der Waals surface area contributed by atoms with Crippen molar-refractivity contribution >= 4 is 49.6 Å². The molecule has 16 heavy (non-hydrogen) atoms. The molecular formula is C10H8BrF2IN2. The molecule has 0 atom stereocenters. The maximum absolute atomic E-state index is 13.0. The van der Waals surface area contributed by atoms with Gasteiger partial charge in [-0.15, -0.1) is 0 Å². The van der Waals surface area contributed by atoms with Crippen LogP contribution in [0.15, 0.2) is 22.9 Å². The van der Waals surface area contributed by atoms with E-state index in [1.54, 1.807) is 18.5 Å². The lowest BCUT2D eigenvalue weighted by molar-refractivity contribution is 0.00493. The Hall–Kier alpha value is -0.240. The summed E-state index contributed by atoms with van der Waals surface area (Å²) in [6, 6.07) is 1.80. The number of nitrogens with zero attached hydrogens (tertiary/aromatic N) is 2. The third kappa shape index (κ3) is 2.37. The van der Waals surface area contributed by atoms with Crippen molar-refractivity contribution in [2.45, 2.75) is 19.4 Å². The Balaban J connectivity index is 2.60. The summed E-state index contributed by atoms with van der Waals surface area (Å²) in [6.45, 7) is 0.555. The first-order chi connectivity index (χ1) is 7.38. The van der Waals surface area contributed by atoms with E-state index >= 15 is 0 Å². The van der Waals surface area contributed by atoms with Crippen molar-refractivity contribution < 1.29 is 8.78 Å². The largest absolute Gasteiger partial charge is 0.325 e. The fraction of sp³-hybridized carbons (Fsp3) is 0.300. The Bertz CT molecular complexity index is 533. The topological polar surface area (TPSA) is 17.8 Å². The van der Waals surface area contributed by atoms with Crippen LogP contribution < -0.4 is 0 Å². The molecule has 0 radical (unpaired) electrons. The number of pyridine rings is 1. The molecule has 2 aromatic rings. The smallest absolute Gasteiger partial charge is 0.262 e. The van der Waals surface area contributed by atoms with Crippen LogP contribution >= 0.6 is 38.5 Å². The molecule has 0 aliphatic rings. The number of hydrogen-bond donors (Lipinski definition) is 0. The van der Waals surface area contributed by atoms with Gasteiger partial charge in [0.15, 0.2) is 0 Å². The number of fused-ring (bicyclic) bond motifs is 1. The van der Waals surface area contributed by atoms with E-state index in [1.807, 2.05) is 0 Å². The summed E-state index contributed by atoms with van der Waals surface area (Å²) in [5.41, 5.74) is 0.584. The van der Waals surface area contributed by atoms with Gasteiger partial charge in [-0.05, 0) is 44.6 Å². The minimum absolute atomic E-state index is 0.351. The van der Waals surface area contributed by atoms with Gasteiger partial charge in [0.2, 0.25) is 0 Å². The van der Waals surface area contributed by atoms with Crippen LogP contribution in [0.4, 0.5) is 8.78 Å². The van der Waals surface area contributed by atoms with E-state index < -0.39 is 5.92 Å². The second-order valence-electron chi connectivity index (χ2n) is 3.67. The van der Waals surface area contributed by atoms with Crippen LogP contribution in [-0.2, 0) is 6.54 Å². The number of aromatic nitrogens is 2. The Kier molecular flexibility index (Phi) is 3.22. The number of rotatable bonds is 2. The van der Waals surface area contributed by atoms with E-state index in [0.29, 0.717) is 5.65 Å². The van der Waals surface area contributed by atoms with Gasteiger partial charge in [-0.2, -0.15) is 0 Å². The average molecular weight is 401 g/mol. The zero-order chi connectivity index (χ0) is 11.9. The van der Waals surface area contributed by atoms with E-state index in [1.165, 1.54) is 4.57 Å². The Morgan fingerprint density at radius 2 is 2.25 bits per heavy atom. The highest BCUT2D eigenvalue weighted by Crippen LogP contribution is 2.30. The molecule has 0 aromatic carbocycles. The van der Waals surface area contributed by atoms with Crippen LogP contribution in [0, 0.1) is 3.57 Å². The van der Waals surface area contributed by atoms with Gasteiger partial charge in [-0.1, -0.05) is 0 Å². The van der Waals surface area contributed by atoms with Gasteiger partial charge in [0, 0.05) is 32.7 Å². The van der Waals surface area contributed by atoms with Crippen molar-refractivity contribution in [3.63, 3.8) is 0 Å². The third-order valence-electron chi connectivity index (χ3n) is 2.11. The molecule has 2 rings (SSSR count). The quantitative estimate of drug-likeness (QED) is 0.695. The van der Waals surface area contributed by atoms with Crippen LogP contribution in [0.5, 0.6) is 0 Å². The van der Waals surface area contributed by atoms with Crippen molar-refractivity contribution in [1.82, 2.24) is 9.55 Å². The van der Waals surface area contributed by atoms with Gasteiger partial charge in [-0.3, -0.25) is 0 Å². The first-order valence-corrected chi connectivity index (χ1v) is 6.42. The molecule has 0 amide bonds. The highest BCUT2D eigenvalue weighted by Gasteiger charge is 2.23. The summed E-state index contributed by atoms with van der Waals surface area (Å²) >= 11 is 5.52. The molecule has 0 aliphatic carbocycles. The van der Waals surface area contributed by atoms with Crippen LogP contribution in [0.3, 0.4) is 0 Å². The first-order valence-electron chi connectivity index (χ1n) is 4.55. The van der Waals surface area contributed by atoms with E-state index in [2.05, 4.69) is 43.5 Å². The van der Waals surface area contributed by atoms with Crippen LogP contribution in [0.1, 0.15) is 6.92 Å². The molecule has 2 nitrogen and oxygen atoms in total. The zero-order valence-corrected chi connectivity index (χ0v) is 12.1. The molecule has 0 bridgehead atoms. The fourth-order valence-electron chi connectivity index (χ4n) is 1.55. The Morgan fingerprint density at radius 3 is 2.88 bits per heavy atom. The normalized spacial score (nSPS) is 12.3. The highest BCUT2D eigenvalue weighted by molar-refractivity contribution is 14.1. The molecule has 86 valence electrons. The van der Waals surface area contributed by atoms with Gasteiger partial charge < -0.3 is 4.57 Å². The molecule has 2 aromatic heterocycles. The van der Waals surface area contributed by atoms with Gasteiger partial charge >= 0.3 is 0 Å². The summed E-state index contributed by atoms with van der Waals surface area (Å²) in [7, 11) is 0. The molecule has 0 saturated carbocycles. The van der Waals surface area contributed by atoms with Crippen molar-refractivity contribution in [2.24, 2.45) is 0 Å². The summed E-state index contributed by atoms with van der Waals surface area (Å²) in [5, 5.41) is 0.882. The SMILES string of the molecule is CC(F)(F)Cn1cc(I)c2c(Br)ccnc21. The molecule has 0 fully saturated rings. The maximum atomic E-state index is 13.0. The van der Waals surface area contributed by atoms with E-state index in [0.717, 1.165) is 20.4 Å². The monoisotopic (exact) mass is 400 g/mol. The highest BCUT2D eigenvalue weighted by atomic mass is 127. The lowest BCUT2D eigenvalue weighted by Crippen LogP contribution is -2.18.